The van der Waals surface area contributed by atoms with Crippen LogP contribution in [0.3, 0.4) is 0 Å². The highest BCUT2D eigenvalue weighted by molar-refractivity contribution is 9.10. The molecule has 0 N–H and O–H groups in total. The standard InChI is InChI=1S/C12H8BrClOS/c1-7-4-5-16-12(7)11(15)9-3-2-8(14)6-10(9)13/h2-6H,1H3. The lowest BCUT2D eigenvalue weighted by atomic mass is 10.1. The Morgan fingerprint density at radius 1 is 1.38 bits per heavy atom. The van der Waals surface area contributed by atoms with Gasteiger partial charge in [-0.2, -0.15) is 0 Å². The summed E-state index contributed by atoms with van der Waals surface area (Å²) in [6, 6.07) is 7.15. The molecule has 0 saturated heterocycles. The van der Waals surface area contributed by atoms with Crippen molar-refractivity contribution in [2.24, 2.45) is 0 Å². The van der Waals surface area contributed by atoms with Crippen molar-refractivity contribution < 1.29 is 4.79 Å². The Labute approximate surface area is 111 Å². The summed E-state index contributed by atoms with van der Waals surface area (Å²) in [6.45, 7) is 1.94. The van der Waals surface area contributed by atoms with E-state index in [9.17, 15) is 4.79 Å². The van der Waals surface area contributed by atoms with E-state index < -0.39 is 0 Å². The normalized spacial score (nSPS) is 10.4. The Morgan fingerprint density at radius 2 is 2.12 bits per heavy atom. The first-order valence-electron chi connectivity index (χ1n) is 4.63. The molecule has 1 heterocycles. The fourth-order valence-corrected chi connectivity index (χ4v) is 3.14. The van der Waals surface area contributed by atoms with Gasteiger partial charge in [-0.3, -0.25) is 4.79 Å². The van der Waals surface area contributed by atoms with Crippen molar-refractivity contribution >= 4 is 44.7 Å². The third-order valence-corrected chi connectivity index (χ3v) is 4.15. The van der Waals surface area contributed by atoms with Crippen LogP contribution in [0.4, 0.5) is 0 Å². The molecule has 2 rings (SSSR count). The smallest absolute Gasteiger partial charge is 0.204 e. The van der Waals surface area contributed by atoms with E-state index in [1.54, 1.807) is 18.2 Å². The maximum absolute atomic E-state index is 12.2. The van der Waals surface area contributed by atoms with Crippen LogP contribution in [0.5, 0.6) is 0 Å². The summed E-state index contributed by atoms with van der Waals surface area (Å²) in [6.07, 6.45) is 0. The molecule has 0 amide bonds. The minimum absolute atomic E-state index is 0.0380. The van der Waals surface area contributed by atoms with Crippen LogP contribution in [-0.4, -0.2) is 5.78 Å². The van der Waals surface area contributed by atoms with E-state index in [1.165, 1.54) is 11.3 Å². The van der Waals surface area contributed by atoms with Crippen LogP contribution in [0.15, 0.2) is 34.1 Å². The summed E-state index contributed by atoms with van der Waals surface area (Å²) in [5.41, 5.74) is 1.66. The van der Waals surface area contributed by atoms with Gasteiger partial charge in [0.25, 0.3) is 0 Å². The van der Waals surface area contributed by atoms with Crippen molar-refractivity contribution in [3.05, 3.63) is 55.1 Å². The van der Waals surface area contributed by atoms with Crippen LogP contribution in [-0.2, 0) is 0 Å². The lowest BCUT2D eigenvalue weighted by molar-refractivity contribution is 0.104. The van der Waals surface area contributed by atoms with E-state index in [4.69, 9.17) is 11.6 Å². The van der Waals surface area contributed by atoms with Gasteiger partial charge in [-0.05, 0) is 58.1 Å². The summed E-state index contributed by atoms with van der Waals surface area (Å²) in [7, 11) is 0. The largest absolute Gasteiger partial charge is 0.288 e. The number of hydrogen-bond donors (Lipinski definition) is 0. The Balaban J connectivity index is 2.46. The van der Waals surface area contributed by atoms with Crippen LogP contribution in [0, 0.1) is 6.92 Å². The number of hydrogen-bond acceptors (Lipinski definition) is 2. The summed E-state index contributed by atoms with van der Waals surface area (Å²) < 4.78 is 0.734. The molecular weight excluding hydrogens is 308 g/mol. The van der Waals surface area contributed by atoms with Gasteiger partial charge in [0.1, 0.15) is 0 Å². The molecule has 0 aliphatic carbocycles. The van der Waals surface area contributed by atoms with Crippen LogP contribution >= 0.6 is 38.9 Å². The first kappa shape index (κ1) is 11.8. The summed E-state index contributed by atoms with van der Waals surface area (Å²) in [5, 5.41) is 2.54. The van der Waals surface area contributed by atoms with Crippen LogP contribution < -0.4 is 0 Å². The predicted molar refractivity (Wildman–Crippen MR) is 71.6 cm³/mol. The van der Waals surface area contributed by atoms with Crippen LogP contribution in [0.1, 0.15) is 20.8 Å². The zero-order valence-corrected chi connectivity index (χ0v) is 11.6. The highest BCUT2D eigenvalue weighted by atomic mass is 79.9. The zero-order valence-electron chi connectivity index (χ0n) is 8.46. The number of aryl methyl sites for hydroxylation is 1. The van der Waals surface area contributed by atoms with Crippen molar-refractivity contribution in [2.75, 3.05) is 0 Å². The monoisotopic (exact) mass is 314 g/mol. The second-order valence-electron chi connectivity index (χ2n) is 3.39. The number of thiophene rings is 1. The maximum Gasteiger partial charge on any atom is 0.204 e. The predicted octanol–water partition coefficient (Wildman–Crippen LogP) is 4.70. The summed E-state index contributed by atoms with van der Waals surface area (Å²) in [5.74, 6) is 0.0380. The molecule has 0 atom stereocenters. The quantitative estimate of drug-likeness (QED) is 0.734. The van der Waals surface area contributed by atoms with Crippen LogP contribution in [0.25, 0.3) is 0 Å². The Bertz CT molecular complexity index is 548. The lowest BCUT2D eigenvalue weighted by Gasteiger charge is -2.03. The van der Waals surface area contributed by atoms with Crippen molar-refractivity contribution in [3.8, 4) is 0 Å². The SMILES string of the molecule is Cc1ccsc1C(=O)c1ccc(Cl)cc1Br. The number of carbonyl (C=O) groups excluding carboxylic acids is 1. The molecule has 1 aromatic heterocycles. The van der Waals surface area contributed by atoms with Crippen LogP contribution in [0.2, 0.25) is 5.02 Å². The fraction of sp³-hybridized carbons (Fsp3) is 0.0833. The lowest BCUT2D eigenvalue weighted by Crippen LogP contribution is -2.01. The second-order valence-corrected chi connectivity index (χ2v) is 5.59. The number of benzene rings is 1. The molecule has 1 aromatic carbocycles. The average Bonchev–Trinajstić information content (AvgIpc) is 2.63. The number of halogens is 2. The molecule has 0 fully saturated rings. The Hall–Kier alpha value is -0.640. The first-order chi connectivity index (χ1) is 7.59. The van der Waals surface area contributed by atoms with Gasteiger partial charge in [0.2, 0.25) is 5.78 Å². The maximum atomic E-state index is 12.2. The van der Waals surface area contributed by atoms with Gasteiger partial charge in [0.05, 0.1) is 4.88 Å². The van der Waals surface area contributed by atoms with Crippen molar-refractivity contribution in [3.63, 3.8) is 0 Å². The Kier molecular flexibility index (Phi) is 3.47. The van der Waals surface area contributed by atoms with Gasteiger partial charge in [-0.25, -0.2) is 0 Å². The molecule has 1 nitrogen and oxygen atoms in total. The number of ketones is 1. The summed E-state index contributed by atoms with van der Waals surface area (Å²) in [4.78, 5) is 13.0. The van der Waals surface area contributed by atoms with Gasteiger partial charge in [-0.15, -0.1) is 11.3 Å². The Morgan fingerprint density at radius 3 is 2.69 bits per heavy atom. The molecule has 4 heteroatoms. The first-order valence-corrected chi connectivity index (χ1v) is 6.68. The number of carbonyl (C=O) groups is 1. The second kappa shape index (κ2) is 4.70. The molecule has 2 aromatic rings. The van der Waals surface area contributed by atoms with Gasteiger partial charge < -0.3 is 0 Å². The average molecular weight is 316 g/mol. The van der Waals surface area contributed by atoms with E-state index in [0.29, 0.717) is 10.6 Å². The van der Waals surface area contributed by atoms with E-state index in [2.05, 4.69) is 15.9 Å². The van der Waals surface area contributed by atoms with Gasteiger partial charge >= 0.3 is 0 Å². The zero-order chi connectivity index (χ0) is 11.7. The van der Waals surface area contributed by atoms with Gasteiger partial charge in [0, 0.05) is 15.1 Å². The minimum Gasteiger partial charge on any atom is -0.288 e. The summed E-state index contributed by atoms with van der Waals surface area (Å²) >= 11 is 10.7. The van der Waals surface area contributed by atoms with E-state index in [-0.39, 0.29) is 5.78 Å². The third kappa shape index (κ3) is 2.21. The van der Waals surface area contributed by atoms with Gasteiger partial charge in [0.15, 0.2) is 0 Å². The van der Waals surface area contributed by atoms with E-state index in [0.717, 1.165) is 14.9 Å². The molecule has 0 saturated carbocycles. The highest BCUT2D eigenvalue weighted by Gasteiger charge is 2.15. The topological polar surface area (TPSA) is 17.1 Å². The van der Waals surface area contributed by atoms with Crippen molar-refractivity contribution in [1.29, 1.82) is 0 Å². The minimum atomic E-state index is 0.0380. The third-order valence-electron chi connectivity index (χ3n) is 2.24. The molecule has 0 unspecified atom stereocenters. The molecule has 82 valence electrons. The fourth-order valence-electron chi connectivity index (χ4n) is 1.40. The van der Waals surface area contributed by atoms with Crippen molar-refractivity contribution in [1.82, 2.24) is 0 Å². The van der Waals surface area contributed by atoms with Crippen molar-refractivity contribution in [2.45, 2.75) is 6.92 Å². The number of rotatable bonds is 2. The molecule has 0 aliphatic heterocycles. The molecule has 0 bridgehead atoms. The molecule has 0 aliphatic rings. The van der Waals surface area contributed by atoms with E-state index >= 15 is 0 Å². The molecule has 16 heavy (non-hydrogen) atoms. The highest BCUT2D eigenvalue weighted by Crippen LogP contribution is 2.26. The molecule has 0 spiro atoms. The molecule has 0 radical (unpaired) electrons. The van der Waals surface area contributed by atoms with E-state index in [1.807, 2.05) is 18.4 Å². The molecular formula is C12H8BrClOS. The van der Waals surface area contributed by atoms with Gasteiger partial charge in [-0.1, -0.05) is 11.6 Å².